The van der Waals surface area contributed by atoms with Crippen molar-refractivity contribution in [2.45, 2.75) is 108 Å². The van der Waals surface area contributed by atoms with Gasteiger partial charge in [0.15, 0.2) is 0 Å². The highest BCUT2D eigenvalue weighted by molar-refractivity contribution is 8.24. The summed E-state index contributed by atoms with van der Waals surface area (Å²) < 4.78 is 13.6. The number of thioether (sulfide) groups is 2. The molecular weight excluding hydrogens is 500 g/mol. The molecule has 1 saturated carbocycles. The molecule has 0 aromatic heterocycles. The molecule has 2 aliphatic rings. The number of fused-ring (bicyclic) bond motifs is 1. The Bertz CT molecular complexity index is 1050. The van der Waals surface area contributed by atoms with Crippen molar-refractivity contribution in [1.29, 1.82) is 5.26 Å². The number of nitrogens with one attached hydrogen (secondary N) is 1. The zero-order valence-electron chi connectivity index (χ0n) is 23.1. The molecule has 2 atom stereocenters. The zero-order chi connectivity index (χ0) is 26.8. The number of carbonyl (C=O) groups excluding carboxylic acids is 1. The van der Waals surface area contributed by atoms with E-state index in [-0.39, 0.29) is 11.9 Å². The van der Waals surface area contributed by atoms with Gasteiger partial charge in [-0.15, -0.1) is 0 Å². The third-order valence-electron chi connectivity index (χ3n) is 7.23. The summed E-state index contributed by atoms with van der Waals surface area (Å²) in [5.74, 6) is 2.61. The topological polar surface area (TPSA) is 71.3 Å². The van der Waals surface area contributed by atoms with E-state index in [1.165, 1.54) is 48.4 Å². The summed E-state index contributed by atoms with van der Waals surface area (Å²) in [7, 11) is 1.76. The summed E-state index contributed by atoms with van der Waals surface area (Å²) in [6.45, 7) is 8.66. The van der Waals surface area contributed by atoms with E-state index in [1.54, 1.807) is 7.05 Å². The number of ether oxygens (including phenoxy) is 2. The van der Waals surface area contributed by atoms with E-state index < -0.39 is 0 Å². The normalized spacial score (nSPS) is 17.2. The molecule has 1 fully saturated rings. The Morgan fingerprint density at radius 1 is 0.973 bits per heavy atom. The van der Waals surface area contributed by atoms with Crippen molar-refractivity contribution in [2.75, 3.05) is 7.05 Å². The first-order chi connectivity index (χ1) is 18.0. The summed E-state index contributed by atoms with van der Waals surface area (Å²) in [4.78, 5) is 14.8. The molecule has 1 N–H and O–H groups in total. The fourth-order valence-corrected chi connectivity index (χ4v) is 7.25. The van der Waals surface area contributed by atoms with E-state index in [0.29, 0.717) is 17.4 Å². The molecule has 7 heteroatoms. The van der Waals surface area contributed by atoms with Gasteiger partial charge in [-0.3, -0.25) is 4.79 Å². The van der Waals surface area contributed by atoms with Crippen LogP contribution in [0.5, 0.6) is 11.5 Å². The zero-order valence-corrected chi connectivity index (χ0v) is 24.7. The smallest absolute Gasteiger partial charge is 0.314 e. The van der Waals surface area contributed by atoms with E-state index in [2.05, 4.69) is 32.2 Å². The maximum atomic E-state index is 13.1. The van der Waals surface area contributed by atoms with Crippen LogP contribution >= 0.6 is 23.5 Å². The van der Waals surface area contributed by atoms with Gasteiger partial charge in [-0.1, -0.05) is 76.9 Å². The largest absolute Gasteiger partial charge is 0.460 e. The average Bonchev–Trinajstić information content (AvgIpc) is 3.32. The quantitative estimate of drug-likeness (QED) is 0.109. The van der Waals surface area contributed by atoms with Crippen LogP contribution in [-0.2, 0) is 4.79 Å². The van der Waals surface area contributed by atoms with E-state index in [0.717, 1.165) is 76.9 Å². The Kier molecular flexibility index (Phi) is 11.8. The van der Waals surface area contributed by atoms with Crippen LogP contribution in [-0.4, -0.2) is 13.0 Å². The molecule has 1 heterocycles. The van der Waals surface area contributed by atoms with Gasteiger partial charge in [0.05, 0.1) is 19.9 Å². The minimum atomic E-state index is -0.174. The van der Waals surface area contributed by atoms with Crippen molar-refractivity contribution < 1.29 is 14.3 Å². The fraction of sp³-hybridized carbons (Fsp3) is 0.600. The Morgan fingerprint density at radius 3 is 2.00 bits per heavy atom. The highest BCUT2D eigenvalue weighted by Crippen LogP contribution is 2.59. The van der Waals surface area contributed by atoms with Crippen molar-refractivity contribution in [2.24, 2.45) is 11.8 Å². The standard InChI is InChI=1S/C30H42N2O3S2/c1-6-10-13-20(8-3)26(22-15-12-16-22)34-24-17-18-25(35-29(33)21(9-4)14-11-7-2)28-27(24)36-30(37-28)23(19-31)32-5/h17-18,20-21,32H,6-16H2,1-5H3/b30-23-. The van der Waals surface area contributed by atoms with E-state index >= 15 is 0 Å². The third kappa shape index (κ3) is 7.29. The third-order valence-corrected chi connectivity index (χ3v) is 9.86. The molecule has 0 bridgehead atoms. The van der Waals surface area contributed by atoms with E-state index in [1.807, 2.05) is 19.1 Å². The number of nitrogens with zero attached hydrogens (tertiary/aromatic N) is 1. The SMILES string of the molecule is CCCCC(CC)C(=O)Oc1ccc(OC(=C2CCC2)C(CC)CCCC)c2c1S/C(=C(/C#N)NC)S2. The van der Waals surface area contributed by atoms with Crippen LogP contribution in [0.1, 0.15) is 98.3 Å². The highest BCUT2D eigenvalue weighted by atomic mass is 32.2. The molecule has 0 amide bonds. The van der Waals surface area contributed by atoms with Crippen LogP contribution in [0.15, 0.2) is 43.2 Å². The number of rotatable bonds is 14. The summed E-state index contributed by atoms with van der Waals surface area (Å²) in [5.41, 5.74) is 1.95. The maximum Gasteiger partial charge on any atom is 0.314 e. The number of esters is 1. The fourth-order valence-electron chi connectivity index (χ4n) is 4.66. The lowest BCUT2D eigenvalue weighted by Crippen LogP contribution is -2.20. The van der Waals surface area contributed by atoms with Crippen LogP contribution < -0.4 is 14.8 Å². The molecule has 202 valence electrons. The van der Waals surface area contributed by atoms with Gasteiger partial charge in [-0.05, 0) is 62.7 Å². The molecule has 37 heavy (non-hydrogen) atoms. The number of unbranched alkanes of at least 4 members (excludes halogenated alkanes) is 2. The predicted octanol–water partition coefficient (Wildman–Crippen LogP) is 8.95. The van der Waals surface area contributed by atoms with Crippen LogP contribution in [0.2, 0.25) is 0 Å². The molecule has 2 unspecified atom stereocenters. The summed E-state index contributed by atoms with van der Waals surface area (Å²) >= 11 is 3.01. The Labute approximate surface area is 231 Å². The second-order valence-electron chi connectivity index (χ2n) is 9.79. The van der Waals surface area contributed by atoms with E-state index in [4.69, 9.17) is 9.47 Å². The number of hydrogen-bond acceptors (Lipinski definition) is 7. The minimum Gasteiger partial charge on any atom is -0.460 e. The molecule has 3 rings (SSSR count). The van der Waals surface area contributed by atoms with Crippen LogP contribution in [0.4, 0.5) is 0 Å². The van der Waals surface area contributed by atoms with Gasteiger partial charge < -0.3 is 14.8 Å². The number of benzene rings is 1. The van der Waals surface area contributed by atoms with Gasteiger partial charge >= 0.3 is 5.97 Å². The monoisotopic (exact) mass is 542 g/mol. The first-order valence-corrected chi connectivity index (χ1v) is 15.6. The average molecular weight is 543 g/mol. The number of carbonyl (C=O) groups is 1. The summed E-state index contributed by atoms with van der Waals surface area (Å²) in [5, 5.41) is 12.7. The second kappa shape index (κ2) is 14.8. The number of nitriles is 1. The molecule has 1 aromatic carbocycles. The molecule has 0 spiro atoms. The Morgan fingerprint density at radius 2 is 1.54 bits per heavy atom. The molecule has 1 aliphatic carbocycles. The molecule has 5 nitrogen and oxygen atoms in total. The lowest BCUT2D eigenvalue weighted by atomic mass is 9.85. The van der Waals surface area contributed by atoms with E-state index in [9.17, 15) is 10.1 Å². The van der Waals surface area contributed by atoms with Crippen molar-refractivity contribution in [1.82, 2.24) is 5.32 Å². The van der Waals surface area contributed by atoms with Gasteiger partial charge in [0.25, 0.3) is 0 Å². The van der Waals surface area contributed by atoms with Crippen LogP contribution in [0.3, 0.4) is 0 Å². The Hall–Kier alpha value is -2.04. The van der Waals surface area contributed by atoms with Crippen molar-refractivity contribution in [3.05, 3.63) is 33.4 Å². The maximum absolute atomic E-state index is 13.1. The first-order valence-electron chi connectivity index (χ1n) is 14.0. The number of hydrogen-bond donors (Lipinski definition) is 1. The Balaban J connectivity index is 1.98. The van der Waals surface area contributed by atoms with Crippen LogP contribution in [0, 0.1) is 23.2 Å². The lowest BCUT2D eigenvalue weighted by molar-refractivity contribution is -0.139. The van der Waals surface area contributed by atoms with Gasteiger partial charge in [0.1, 0.15) is 29.0 Å². The molecule has 0 radical (unpaired) electrons. The summed E-state index contributed by atoms with van der Waals surface area (Å²) in [6.07, 6.45) is 11.7. The van der Waals surface area contributed by atoms with Crippen molar-refractivity contribution >= 4 is 29.5 Å². The lowest BCUT2D eigenvalue weighted by Gasteiger charge is -2.28. The molecular formula is C30H42N2O3S2. The molecule has 0 saturated heterocycles. The second-order valence-corrected chi connectivity index (χ2v) is 12.1. The minimum absolute atomic E-state index is 0.105. The van der Waals surface area contributed by atoms with Gasteiger partial charge in [0.2, 0.25) is 0 Å². The number of allylic oxidation sites excluding steroid dienone is 3. The summed E-state index contributed by atoms with van der Waals surface area (Å²) in [6, 6.07) is 6.07. The van der Waals surface area contributed by atoms with Gasteiger partial charge in [-0.25, -0.2) is 0 Å². The molecule has 1 aromatic rings. The van der Waals surface area contributed by atoms with Gasteiger partial charge in [-0.2, -0.15) is 5.26 Å². The predicted molar refractivity (Wildman–Crippen MR) is 154 cm³/mol. The van der Waals surface area contributed by atoms with Crippen molar-refractivity contribution in [3.8, 4) is 17.6 Å². The molecule has 1 aliphatic heterocycles. The highest BCUT2D eigenvalue weighted by Gasteiger charge is 2.32. The van der Waals surface area contributed by atoms with Crippen molar-refractivity contribution in [3.63, 3.8) is 0 Å². The van der Waals surface area contributed by atoms with Crippen LogP contribution in [0.25, 0.3) is 0 Å². The first kappa shape index (κ1) is 29.5. The van der Waals surface area contributed by atoms with Gasteiger partial charge in [0, 0.05) is 13.0 Å².